The van der Waals surface area contributed by atoms with Crippen LogP contribution in [0.1, 0.15) is 19.4 Å². The number of rotatable bonds is 6. The second-order valence-corrected chi connectivity index (χ2v) is 7.64. The number of furan rings is 1. The van der Waals surface area contributed by atoms with Crippen LogP contribution in [0.4, 0.5) is 11.4 Å². The molecule has 6 heteroatoms. The van der Waals surface area contributed by atoms with Crippen molar-refractivity contribution in [2.24, 2.45) is 0 Å². The van der Waals surface area contributed by atoms with E-state index in [-0.39, 0.29) is 11.8 Å². The van der Waals surface area contributed by atoms with Crippen molar-refractivity contribution in [3.05, 3.63) is 84.6 Å². The molecule has 0 unspecified atom stereocenters. The number of ether oxygens (including phenoxy) is 1. The van der Waals surface area contributed by atoms with Gasteiger partial charge in [0, 0.05) is 47.0 Å². The first-order chi connectivity index (χ1) is 15.9. The zero-order chi connectivity index (χ0) is 23.4. The Morgan fingerprint density at radius 1 is 0.909 bits per heavy atom. The van der Waals surface area contributed by atoms with Crippen molar-refractivity contribution in [1.82, 2.24) is 0 Å². The molecule has 0 spiro atoms. The zero-order valence-electron chi connectivity index (χ0n) is 18.6. The summed E-state index contributed by atoms with van der Waals surface area (Å²) in [6.07, 6.45) is 3.26. The highest BCUT2D eigenvalue weighted by atomic mass is 16.5. The molecule has 0 bridgehead atoms. The fourth-order valence-electron chi connectivity index (χ4n) is 3.70. The highest BCUT2D eigenvalue weighted by Crippen LogP contribution is 2.37. The van der Waals surface area contributed by atoms with Crippen LogP contribution < -0.4 is 15.4 Å². The van der Waals surface area contributed by atoms with Crippen molar-refractivity contribution in [2.75, 3.05) is 17.7 Å². The van der Waals surface area contributed by atoms with Gasteiger partial charge in [0.2, 0.25) is 11.8 Å². The van der Waals surface area contributed by atoms with E-state index in [0.717, 1.165) is 27.6 Å². The molecule has 0 aliphatic heterocycles. The number of amides is 2. The van der Waals surface area contributed by atoms with E-state index in [1.54, 1.807) is 37.6 Å². The van der Waals surface area contributed by atoms with E-state index in [0.29, 0.717) is 22.7 Å². The van der Waals surface area contributed by atoms with Gasteiger partial charge in [-0.15, -0.1) is 0 Å². The third kappa shape index (κ3) is 4.96. The maximum Gasteiger partial charge on any atom is 0.248 e. The Balaban J connectivity index is 1.64. The van der Waals surface area contributed by atoms with Crippen molar-refractivity contribution >= 4 is 39.7 Å². The van der Waals surface area contributed by atoms with E-state index in [2.05, 4.69) is 10.6 Å². The molecule has 33 heavy (non-hydrogen) atoms. The molecular formula is C27H24N2O4. The number of anilines is 2. The quantitative estimate of drug-likeness (QED) is 0.355. The maximum absolute atomic E-state index is 12.7. The summed E-state index contributed by atoms with van der Waals surface area (Å²) in [7, 11) is 1.59. The Bertz CT molecular complexity index is 1350. The first kappa shape index (κ1) is 21.9. The summed E-state index contributed by atoms with van der Waals surface area (Å²) >= 11 is 0. The van der Waals surface area contributed by atoms with Gasteiger partial charge in [0.25, 0.3) is 0 Å². The number of nitrogens with one attached hydrogen (secondary N) is 2. The van der Waals surface area contributed by atoms with Crippen LogP contribution in [-0.2, 0) is 9.59 Å². The van der Waals surface area contributed by atoms with Gasteiger partial charge in [-0.05, 0) is 42.3 Å². The molecule has 1 aromatic heterocycles. The Morgan fingerprint density at radius 3 is 2.33 bits per heavy atom. The Hall–Kier alpha value is -4.32. The van der Waals surface area contributed by atoms with Crippen LogP contribution in [0, 0.1) is 0 Å². The van der Waals surface area contributed by atoms with Crippen LogP contribution in [-0.4, -0.2) is 18.9 Å². The molecule has 0 saturated carbocycles. The predicted molar refractivity (Wildman–Crippen MR) is 131 cm³/mol. The Kier molecular flexibility index (Phi) is 6.26. The van der Waals surface area contributed by atoms with E-state index in [4.69, 9.17) is 9.15 Å². The molecule has 1 heterocycles. The summed E-state index contributed by atoms with van der Waals surface area (Å²) in [5, 5.41) is 6.48. The summed E-state index contributed by atoms with van der Waals surface area (Å²) in [6, 6.07) is 20.8. The number of benzene rings is 3. The first-order valence-electron chi connectivity index (χ1n) is 10.5. The minimum atomic E-state index is -0.287. The number of hydrogen-bond acceptors (Lipinski definition) is 4. The number of fused-ring (bicyclic) bond motifs is 1. The molecule has 0 aliphatic rings. The predicted octanol–water partition coefficient (Wildman–Crippen LogP) is 6.11. The lowest BCUT2D eigenvalue weighted by Crippen LogP contribution is -2.10. The van der Waals surface area contributed by atoms with Crippen LogP contribution in [0.25, 0.3) is 27.7 Å². The van der Waals surface area contributed by atoms with E-state index in [9.17, 15) is 9.59 Å². The summed E-state index contributed by atoms with van der Waals surface area (Å²) in [6.45, 7) is 3.30. The zero-order valence-corrected chi connectivity index (χ0v) is 18.6. The SMILES string of the molecule is COc1cc2occ(-c3ccccc3)c2cc1/C(C)=C/C(=O)Nc1cccc(NC(C)=O)c1. The van der Waals surface area contributed by atoms with Gasteiger partial charge >= 0.3 is 0 Å². The number of carbonyl (C=O) groups is 2. The van der Waals surface area contributed by atoms with Gasteiger partial charge < -0.3 is 19.8 Å². The Morgan fingerprint density at radius 2 is 1.64 bits per heavy atom. The van der Waals surface area contributed by atoms with Gasteiger partial charge in [-0.2, -0.15) is 0 Å². The summed E-state index contributed by atoms with van der Waals surface area (Å²) in [4.78, 5) is 24.0. The van der Waals surface area contributed by atoms with Crippen LogP contribution in [0.15, 0.2) is 83.5 Å². The normalized spacial score (nSPS) is 11.3. The van der Waals surface area contributed by atoms with E-state index in [1.807, 2.05) is 49.4 Å². The van der Waals surface area contributed by atoms with E-state index >= 15 is 0 Å². The molecule has 2 N–H and O–H groups in total. The molecular weight excluding hydrogens is 416 g/mol. The smallest absolute Gasteiger partial charge is 0.248 e. The van der Waals surface area contributed by atoms with Crippen molar-refractivity contribution in [3.8, 4) is 16.9 Å². The topological polar surface area (TPSA) is 80.6 Å². The fraction of sp³-hybridized carbons (Fsp3) is 0.111. The van der Waals surface area contributed by atoms with Gasteiger partial charge in [0.15, 0.2) is 0 Å². The average Bonchev–Trinajstić information content (AvgIpc) is 3.21. The molecule has 0 aliphatic carbocycles. The van der Waals surface area contributed by atoms with Crippen LogP contribution in [0.5, 0.6) is 5.75 Å². The van der Waals surface area contributed by atoms with Crippen molar-refractivity contribution < 1.29 is 18.7 Å². The number of carbonyl (C=O) groups excluding carboxylic acids is 2. The molecule has 0 atom stereocenters. The molecule has 166 valence electrons. The minimum Gasteiger partial charge on any atom is -0.496 e. The van der Waals surface area contributed by atoms with Gasteiger partial charge in [-0.1, -0.05) is 36.4 Å². The molecule has 3 aromatic carbocycles. The largest absolute Gasteiger partial charge is 0.496 e. The monoisotopic (exact) mass is 440 g/mol. The van der Waals surface area contributed by atoms with Gasteiger partial charge in [0.05, 0.1) is 13.4 Å². The fourth-order valence-corrected chi connectivity index (χ4v) is 3.70. The second-order valence-electron chi connectivity index (χ2n) is 7.64. The lowest BCUT2D eigenvalue weighted by atomic mass is 9.99. The molecule has 4 aromatic rings. The number of allylic oxidation sites excluding steroid dienone is 1. The van der Waals surface area contributed by atoms with Crippen LogP contribution in [0.3, 0.4) is 0 Å². The van der Waals surface area contributed by atoms with E-state index < -0.39 is 0 Å². The third-order valence-corrected chi connectivity index (χ3v) is 5.20. The second kappa shape index (κ2) is 9.44. The maximum atomic E-state index is 12.7. The third-order valence-electron chi connectivity index (χ3n) is 5.20. The summed E-state index contributed by atoms with van der Waals surface area (Å²) < 4.78 is 11.3. The van der Waals surface area contributed by atoms with Crippen molar-refractivity contribution in [2.45, 2.75) is 13.8 Å². The van der Waals surface area contributed by atoms with Crippen molar-refractivity contribution in [1.29, 1.82) is 0 Å². The highest BCUT2D eigenvalue weighted by Gasteiger charge is 2.15. The standard InChI is InChI=1S/C27H24N2O4/c1-17(12-27(31)29-21-11-7-10-20(13-21)28-18(2)30)22-14-23-24(19-8-5-4-6-9-19)16-33-26(23)15-25(22)32-3/h4-16H,1-3H3,(H,28,30)(H,29,31)/b17-12+. The highest BCUT2D eigenvalue weighted by molar-refractivity contribution is 6.05. The number of hydrogen-bond donors (Lipinski definition) is 2. The average molecular weight is 440 g/mol. The van der Waals surface area contributed by atoms with Gasteiger partial charge in [-0.3, -0.25) is 9.59 Å². The lowest BCUT2D eigenvalue weighted by molar-refractivity contribution is -0.114. The lowest BCUT2D eigenvalue weighted by Gasteiger charge is -2.11. The molecule has 0 saturated heterocycles. The van der Waals surface area contributed by atoms with Crippen molar-refractivity contribution in [3.63, 3.8) is 0 Å². The van der Waals surface area contributed by atoms with Crippen LogP contribution >= 0.6 is 0 Å². The molecule has 2 amide bonds. The first-order valence-corrected chi connectivity index (χ1v) is 10.5. The Labute approximate surface area is 191 Å². The van der Waals surface area contributed by atoms with Crippen LogP contribution in [0.2, 0.25) is 0 Å². The minimum absolute atomic E-state index is 0.175. The van der Waals surface area contributed by atoms with Gasteiger partial charge in [0.1, 0.15) is 11.3 Å². The van der Waals surface area contributed by atoms with Gasteiger partial charge in [-0.25, -0.2) is 0 Å². The molecule has 4 rings (SSSR count). The molecule has 0 fully saturated rings. The summed E-state index contributed by atoms with van der Waals surface area (Å²) in [5.74, 6) is 0.154. The number of methoxy groups -OCH3 is 1. The molecule has 0 radical (unpaired) electrons. The van der Waals surface area contributed by atoms with E-state index in [1.165, 1.54) is 13.0 Å². The molecule has 6 nitrogen and oxygen atoms in total. The summed E-state index contributed by atoms with van der Waals surface area (Å²) in [5.41, 5.74) is 5.46.